The zero-order valence-electron chi connectivity index (χ0n) is 10.00. The van der Waals surface area contributed by atoms with E-state index in [2.05, 4.69) is 35.3 Å². The Hall–Kier alpha value is -1.02. The van der Waals surface area contributed by atoms with Gasteiger partial charge >= 0.3 is 0 Å². The normalized spacial score (nSPS) is 25.2. The third kappa shape index (κ3) is 1.71. The predicted molar refractivity (Wildman–Crippen MR) is 67.8 cm³/mol. The van der Waals surface area contributed by atoms with E-state index in [0.29, 0.717) is 6.04 Å². The Morgan fingerprint density at radius 2 is 2.06 bits per heavy atom. The van der Waals surface area contributed by atoms with E-state index in [1.165, 1.54) is 49.2 Å². The Balaban J connectivity index is 1.94. The van der Waals surface area contributed by atoms with Crippen molar-refractivity contribution >= 4 is 5.69 Å². The molecule has 2 nitrogen and oxygen atoms in total. The first-order chi connectivity index (χ1) is 7.84. The molecular weight excluding hydrogens is 196 g/mol. The van der Waals surface area contributed by atoms with E-state index in [4.69, 9.17) is 0 Å². The van der Waals surface area contributed by atoms with E-state index < -0.39 is 0 Å². The molecule has 2 heterocycles. The summed E-state index contributed by atoms with van der Waals surface area (Å²) in [7, 11) is 0. The summed E-state index contributed by atoms with van der Waals surface area (Å²) in [4.78, 5) is 2.67. The van der Waals surface area contributed by atoms with Crippen molar-refractivity contribution in [1.82, 2.24) is 4.90 Å². The lowest BCUT2D eigenvalue weighted by Crippen LogP contribution is -2.31. The number of likely N-dealkylation sites (tertiary alicyclic amines) is 1. The molecule has 1 N–H and O–H groups in total. The number of anilines is 1. The van der Waals surface area contributed by atoms with Crippen LogP contribution in [-0.2, 0) is 0 Å². The molecule has 2 aliphatic heterocycles. The van der Waals surface area contributed by atoms with E-state index in [1.807, 2.05) is 0 Å². The molecule has 86 valence electrons. The molecule has 0 aliphatic carbocycles. The molecule has 0 saturated carbocycles. The molecule has 0 radical (unpaired) electrons. The molecule has 0 aromatic heterocycles. The summed E-state index contributed by atoms with van der Waals surface area (Å²) >= 11 is 0. The Morgan fingerprint density at radius 1 is 1.25 bits per heavy atom. The largest absolute Gasteiger partial charge is 0.385 e. The van der Waals surface area contributed by atoms with Gasteiger partial charge in [-0.25, -0.2) is 0 Å². The maximum absolute atomic E-state index is 3.52. The van der Waals surface area contributed by atoms with Crippen LogP contribution in [0.25, 0.3) is 0 Å². The summed E-state index contributed by atoms with van der Waals surface area (Å²) in [6.45, 7) is 5.89. The van der Waals surface area contributed by atoms with Crippen LogP contribution in [0.15, 0.2) is 18.2 Å². The summed E-state index contributed by atoms with van der Waals surface area (Å²) in [5.74, 6) is 0. The van der Waals surface area contributed by atoms with E-state index in [9.17, 15) is 0 Å². The fraction of sp³-hybridized carbons (Fsp3) is 0.571. The molecule has 0 amide bonds. The highest BCUT2D eigenvalue weighted by atomic mass is 15.2. The Labute approximate surface area is 97.6 Å². The zero-order chi connectivity index (χ0) is 11.0. The van der Waals surface area contributed by atoms with Crippen molar-refractivity contribution in [2.75, 3.05) is 25.0 Å². The van der Waals surface area contributed by atoms with Crippen LogP contribution in [0.2, 0.25) is 0 Å². The molecule has 2 aliphatic rings. The van der Waals surface area contributed by atoms with Crippen molar-refractivity contribution in [2.45, 2.75) is 32.2 Å². The van der Waals surface area contributed by atoms with E-state index >= 15 is 0 Å². The van der Waals surface area contributed by atoms with Crippen molar-refractivity contribution in [3.8, 4) is 0 Å². The van der Waals surface area contributed by atoms with Crippen molar-refractivity contribution in [3.05, 3.63) is 29.3 Å². The van der Waals surface area contributed by atoms with E-state index in [0.717, 1.165) is 6.54 Å². The number of benzene rings is 1. The van der Waals surface area contributed by atoms with Gasteiger partial charge in [-0.05, 0) is 50.9 Å². The van der Waals surface area contributed by atoms with Crippen molar-refractivity contribution in [2.24, 2.45) is 0 Å². The van der Waals surface area contributed by atoms with Crippen LogP contribution in [0.1, 0.15) is 36.4 Å². The van der Waals surface area contributed by atoms with E-state index in [1.54, 1.807) is 0 Å². The number of hydrogen-bond donors (Lipinski definition) is 1. The number of rotatable bonds is 1. The number of fused-ring (bicyclic) bond motifs is 1. The fourth-order valence-electron chi connectivity index (χ4n) is 3.05. The van der Waals surface area contributed by atoms with Gasteiger partial charge in [0.25, 0.3) is 0 Å². The Morgan fingerprint density at radius 3 is 2.88 bits per heavy atom. The molecule has 0 spiro atoms. The third-order valence-electron chi connectivity index (χ3n) is 3.88. The lowest BCUT2D eigenvalue weighted by molar-refractivity contribution is 0.234. The molecule has 1 fully saturated rings. The van der Waals surface area contributed by atoms with Gasteiger partial charge in [-0.15, -0.1) is 0 Å². The highest BCUT2D eigenvalue weighted by molar-refractivity contribution is 5.56. The standard InChI is InChI=1S/C14H20N2/c1-11-4-5-13-12(10-11)14(6-7-15-13)16-8-2-3-9-16/h4-5,10,14-15H,2-3,6-9H2,1H3. The molecule has 2 heteroatoms. The minimum absolute atomic E-state index is 0.665. The second-order valence-electron chi connectivity index (χ2n) is 5.07. The number of nitrogens with zero attached hydrogens (tertiary/aromatic N) is 1. The van der Waals surface area contributed by atoms with Crippen molar-refractivity contribution < 1.29 is 0 Å². The molecule has 1 unspecified atom stereocenters. The minimum Gasteiger partial charge on any atom is -0.385 e. The highest BCUT2D eigenvalue weighted by Gasteiger charge is 2.27. The molecule has 16 heavy (non-hydrogen) atoms. The maximum Gasteiger partial charge on any atom is 0.0388 e. The van der Waals surface area contributed by atoms with Crippen LogP contribution in [0.3, 0.4) is 0 Å². The summed E-state index contributed by atoms with van der Waals surface area (Å²) in [6.07, 6.45) is 4.02. The van der Waals surface area contributed by atoms with Gasteiger partial charge in [-0.2, -0.15) is 0 Å². The molecular formula is C14H20N2. The van der Waals surface area contributed by atoms with Gasteiger partial charge in [0.15, 0.2) is 0 Å². The maximum atomic E-state index is 3.52. The lowest BCUT2D eigenvalue weighted by atomic mass is 9.95. The second kappa shape index (κ2) is 4.10. The van der Waals surface area contributed by atoms with Crippen molar-refractivity contribution in [1.29, 1.82) is 0 Å². The van der Waals surface area contributed by atoms with Crippen molar-refractivity contribution in [3.63, 3.8) is 0 Å². The average Bonchev–Trinajstić information content (AvgIpc) is 2.81. The van der Waals surface area contributed by atoms with Gasteiger partial charge in [0.05, 0.1) is 0 Å². The first kappa shape index (κ1) is 10.2. The quantitative estimate of drug-likeness (QED) is 0.776. The topological polar surface area (TPSA) is 15.3 Å². The summed E-state index contributed by atoms with van der Waals surface area (Å²) in [5, 5.41) is 3.52. The molecule has 1 atom stereocenters. The molecule has 1 aromatic rings. The van der Waals surface area contributed by atoms with Crippen LogP contribution in [0, 0.1) is 6.92 Å². The first-order valence-electron chi connectivity index (χ1n) is 6.43. The average molecular weight is 216 g/mol. The number of nitrogens with one attached hydrogen (secondary N) is 1. The molecule has 3 rings (SSSR count). The van der Waals surface area contributed by atoms with Gasteiger partial charge in [-0.1, -0.05) is 17.7 Å². The summed E-state index contributed by atoms with van der Waals surface area (Å²) in [5.41, 5.74) is 4.26. The highest BCUT2D eigenvalue weighted by Crippen LogP contribution is 2.36. The zero-order valence-corrected chi connectivity index (χ0v) is 10.00. The summed E-state index contributed by atoms with van der Waals surface area (Å²) < 4.78 is 0. The first-order valence-corrected chi connectivity index (χ1v) is 6.43. The predicted octanol–water partition coefficient (Wildman–Crippen LogP) is 2.95. The van der Waals surface area contributed by atoms with Gasteiger partial charge < -0.3 is 5.32 Å². The van der Waals surface area contributed by atoms with Gasteiger partial charge in [0, 0.05) is 18.3 Å². The van der Waals surface area contributed by atoms with Gasteiger partial charge in [0.2, 0.25) is 0 Å². The van der Waals surface area contributed by atoms with Crippen LogP contribution in [0.5, 0.6) is 0 Å². The van der Waals surface area contributed by atoms with Crippen LogP contribution < -0.4 is 5.32 Å². The number of aryl methyl sites for hydroxylation is 1. The molecule has 1 aromatic carbocycles. The van der Waals surface area contributed by atoms with Crippen LogP contribution >= 0.6 is 0 Å². The Bertz CT molecular complexity index is 380. The van der Waals surface area contributed by atoms with E-state index in [-0.39, 0.29) is 0 Å². The SMILES string of the molecule is Cc1ccc2c(c1)C(N1CCCC1)CCN2. The monoisotopic (exact) mass is 216 g/mol. The number of hydrogen-bond acceptors (Lipinski definition) is 2. The molecule has 0 bridgehead atoms. The fourth-order valence-corrected chi connectivity index (χ4v) is 3.05. The van der Waals surface area contributed by atoms with Gasteiger partial charge in [-0.3, -0.25) is 4.90 Å². The van der Waals surface area contributed by atoms with Crippen LogP contribution in [0.4, 0.5) is 5.69 Å². The third-order valence-corrected chi connectivity index (χ3v) is 3.88. The summed E-state index contributed by atoms with van der Waals surface area (Å²) in [6, 6.07) is 7.48. The minimum atomic E-state index is 0.665. The molecule has 1 saturated heterocycles. The van der Waals surface area contributed by atoms with Gasteiger partial charge in [0.1, 0.15) is 0 Å². The Kier molecular flexibility index (Phi) is 2.60. The van der Waals surface area contributed by atoms with Crippen LogP contribution in [-0.4, -0.2) is 24.5 Å². The smallest absolute Gasteiger partial charge is 0.0388 e. The lowest BCUT2D eigenvalue weighted by Gasteiger charge is -2.33. The second-order valence-corrected chi connectivity index (χ2v) is 5.07.